The highest BCUT2D eigenvalue weighted by Gasteiger charge is 2.41. The van der Waals surface area contributed by atoms with Gasteiger partial charge in [0, 0.05) is 47.6 Å². The molecule has 4 rings (SSSR count). The first-order valence-corrected chi connectivity index (χ1v) is 12.5. The average Bonchev–Trinajstić information content (AvgIpc) is 2.84. The molecular weight excluding hydrogens is 498 g/mol. The van der Waals surface area contributed by atoms with Crippen molar-refractivity contribution in [3.63, 3.8) is 0 Å². The fraction of sp³-hybridized carbons (Fsp3) is 0.440. The molecule has 1 aromatic heterocycles. The molecule has 2 fully saturated rings. The minimum Gasteiger partial charge on any atom is -0.350 e. The molecule has 180 valence electrons. The van der Waals surface area contributed by atoms with Crippen LogP contribution in [0, 0.1) is 6.92 Å². The van der Waals surface area contributed by atoms with Gasteiger partial charge in [-0.25, -0.2) is 0 Å². The van der Waals surface area contributed by atoms with Crippen LogP contribution in [0.4, 0.5) is 0 Å². The number of hydrogen-bond donors (Lipinski definition) is 2. The summed E-state index contributed by atoms with van der Waals surface area (Å²) in [6.07, 6.45) is 5.87. The number of carbonyl (C=O) groups excluding carboxylic acids is 3. The zero-order chi connectivity index (χ0) is 24.2. The van der Waals surface area contributed by atoms with Crippen LogP contribution in [0.25, 0.3) is 0 Å². The summed E-state index contributed by atoms with van der Waals surface area (Å²) < 4.78 is 0.669. The number of nitrogens with two attached hydrogens (primary N) is 1. The Labute approximate surface area is 208 Å². The number of carbonyl (C=O) groups is 3. The first-order valence-electron chi connectivity index (χ1n) is 11.7. The minimum absolute atomic E-state index is 0.0185. The summed E-state index contributed by atoms with van der Waals surface area (Å²) in [5.41, 5.74) is 7.91. The molecule has 34 heavy (non-hydrogen) atoms. The Bertz CT molecular complexity index is 1050. The molecule has 0 bridgehead atoms. The predicted molar refractivity (Wildman–Crippen MR) is 132 cm³/mol. The number of nitrogens with one attached hydrogen (secondary N) is 1. The van der Waals surface area contributed by atoms with E-state index in [0.717, 1.165) is 31.2 Å². The van der Waals surface area contributed by atoms with E-state index in [4.69, 9.17) is 5.73 Å². The van der Waals surface area contributed by atoms with Crippen molar-refractivity contribution in [3.05, 3.63) is 63.9 Å². The van der Waals surface area contributed by atoms with Crippen LogP contribution < -0.4 is 11.1 Å². The smallest absolute Gasteiger partial charge is 0.264 e. The molecule has 1 atom stereocenters. The number of nitrogens with zero attached hydrogens (tertiary/aromatic N) is 3. The lowest BCUT2D eigenvalue weighted by Crippen LogP contribution is -2.64. The number of hydrogen-bond acceptors (Lipinski definition) is 5. The standard InChI is InChI=1S/C25H30BrN5O3/c1-16-3-5-17(6-4-16)24(33)30-11-2-12-31(25(34)18-13-19(26)15-28-14-18)23(30)22(32)29-21-9-7-20(27)8-10-21/h3-6,13-15,20-21,23H,2,7-12,27H2,1H3,(H,29,32). The number of benzene rings is 1. The topological polar surface area (TPSA) is 109 Å². The van der Waals surface area contributed by atoms with Crippen molar-refractivity contribution in [3.8, 4) is 0 Å². The normalized spacial score (nSPS) is 22.9. The van der Waals surface area contributed by atoms with E-state index in [0.29, 0.717) is 35.1 Å². The van der Waals surface area contributed by atoms with Crippen molar-refractivity contribution in [2.75, 3.05) is 13.1 Å². The molecule has 2 aromatic rings. The Morgan fingerprint density at radius 2 is 1.59 bits per heavy atom. The predicted octanol–water partition coefficient (Wildman–Crippen LogP) is 2.85. The van der Waals surface area contributed by atoms with Gasteiger partial charge in [-0.1, -0.05) is 17.7 Å². The highest BCUT2D eigenvalue weighted by molar-refractivity contribution is 9.10. The van der Waals surface area contributed by atoms with Gasteiger partial charge in [0.05, 0.1) is 5.56 Å². The summed E-state index contributed by atoms with van der Waals surface area (Å²) in [4.78, 5) is 47.7. The Morgan fingerprint density at radius 1 is 0.971 bits per heavy atom. The third-order valence-electron chi connectivity index (χ3n) is 6.51. The average molecular weight is 528 g/mol. The van der Waals surface area contributed by atoms with E-state index in [1.165, 1.54) is 16.0 Å². The number of aryl methyl sites for hydroxylation is 1. The zero-order valence-electron chi connectivity index (χ0n) is 19.2. The van der Waals surface area contributed by atoms with E-state index in [1.54, 1.807) is 24.4 Å². The molecule has 3 N–H and O–H groups in total. The van der Waals surface area contributed by atoms with Gasteiger partial charge >= 0.3 is 0 Å². The molecule has 1 unspecified atom stereocenters. The number of amides is 3. The summed E-state index contributed by atoms with van der Waals surface area (Å²) in [6.45, 7) is 2.71. The first-order chi connectivity index (χ1) is 16.3. The van der Waals surface area contributed by atoms with Crippen molar-refractivity contribution < 1.29 is 14.4 Å². The van der Waals surface area contributed by atoms with Crippen LogP contribution in [0.2, 0.25) is 0 Å². The summed E-state index contributed by atoms with van der Waals surface area (Å²) in [7, 11) is 0. The van der Waals surface area contributed by atoms with Gasteiger partial charge in [0.1, 0.15) is 0 Å². The van der Waals surface area contributed by atoms with Gasteiger partial charge < -0.3 is 20.9 Å². The molecule has 2 aliphatic rings. The second kappa shape index (κ2) is 10.7. The molecule has 8 nitrogen and oxygen atoms in total. The Balaban J connectivity index is 1.63. The lowest BCUT2D eigenvalue weighted by molar-refractivity contribution is -0.133. The fourth-order valence-corrected chi connectivity index (χ4v) is 4.99. The maximum Gasteiger partial charge on any atom is 0.264 e. The lowest BCUT2D eigenvalue weighted by atomic mass is 9.91. The van der Waals surface area contributed by atoms with Crippen molar-refractivity contribution in [2.45, 2.75) is 57.3 Å². The van der Waals surface area contributed by atoms with Crippen LogP contribution in [0.15, 0.2) is 47.2 Å². The second-order valence-electron chi connectivity index (χ2n) is 9.10. The van der Waals surface area contributed by atoms with E-state index in [-0.39, 0.29) is 29.8 Å². The van der Waals surface area contributed by atoms with Crippen molar-refractivity contribution >= 4 is 33.7 Å². The molecule has 1 saturated heterocycles. The Hall–Kier alpha value is -2.78. The van der Waals surface area contributed by atoms with Gasteiger partial charge in [-0.05, 0) is 73.2 Å². The third kappa shape index (κ3) is 5.47. The monoisotopic (exact) mass is 527 g/mol. The maximum atomic E-state index is 13.6. The van der Waals surface area contributed by atoms with Crippen LogP contribution in [0.5, 0.6) is 0 Å². The highest BCUT2D eigenvalue weighted by Crippen LogP contribution is 2.23. The summed E-state index contributed by atoms with van der Waals surface area (Å²) in [6, 6.07) is 9.07. The molecule has 2 heterocycles. The molecule has 1 saturated carbocycles. The van der Waals surface area contributed by atoms with Gasteiger partial charge in [-0.2, -0.15) is 0 Å². The van der Waals surface area contributed by atoms with E-state index < -0.39 is 6.17 Å². The highest BCUT2D eigenvalue weighted by atomic mass is 79.9. The molecule has 1 aliphatic carbocycles. The van der Waals surface area contributed by atoms with Crippen LogP contribution >= 0.6 is 15.9 Å². The number of aromatic nitrogens is 1. The first kappa shape index (κ1) is 24.3. The van der Waals surface area contributed by atoms with E-state index in [1.807, 2.05) is 19.1 Å². The van der Waals surface area contributed by atoms with Crippen LogP contribution in [-0.2, 0) is 4.79 Å². The zero-order valence-corrected chi connectivity index (χ0v) is 20.8. The van der Waals surface area contributed by atoms with Crippen molar-refractivity contribution in [1.82, 2.24) is 20.1 Å². The second-order valence-corrected chi connectivity index (χ2v) is 10.0. The Kier molecular flexibility index (Phi) is 7.63. The van der Waals surface area contributed by atoms with E-state index >= 15 is 0 Å². The van der Waals surface area contributed by atoms with Crippen LogP contribution in [0.1, 0.15) is 58.4 Å². The van der Waals surface area contributed by atoms with Gasteiger partial charge in [-0.15, -0.1) is 0 Å². The molecule has 9 heteroatoms. The quantitative estimate of drug-likeness (QED) is 0.635. The number of pyridine rings is 1. The fourth-order valence-electron chi connectivity index (χ4n) is 4.63. The largest absolute Gasteiger partial charge is 0.350 e. The molecule has 1 aliphatic heterocycles. The number of halogens is 1. The molecule has 3 amide bonds. The maximum absolute atomic E-state index is 13.6. The van der Waals surface area contributed by atoms with Crippen LogP contribution in [-0.4, -0.2) is 63.8 Å². The minimum atomic E-state index is -1.04. The third-order valence-corrected chi connectivity index (χ3v) is 6.95. The summed E-state index contributed by atoms with van der Waals surface area (Å²) >= 11 is 3.35. The van der Waals surface area contributed by atoms with Crippen molar-refractivity contribution in [2.24, 2.45) is 5.73 Å². The van der Waals surface area contributed by atoms with Gasteiger partial charge in [0.25, 0.3) is 17.7 Å². The van der Waals surface area contributed by atoms with Gasteiger partial charge in [0.15, 0.2) is 6.17 Å². The molecule has 0 radical (unpaired) electrons. The number of rotatable bonds is 4. The van der Waals surface area contributed by atoms with Gasteiger partial charge in [-0.3, -0.25) is 19.4 Å². The summed E-state index contributed by atoms with van der Waals surface area (Å²) in [5, 5.41) is 3.10. The summed E-state index contributed by atoms with van der Waals surface area (Å²) in [5.74, 6) is -0.936. The molecule has 0 spiro atoms. The SMILES string of the molecule is Cc1ccc(C(=O)N2CCCN(C(=O)c3cncc(Br)c3)C2C(=O)NC2CCC(N)CC2)cc1. The van der Waals surface area contributed by atoms with Gasteiger partial charge in [0.2, 0.25) is 0 Å². The van der Waals surface area contributed by atoms with E-state index in [2.05, 4.69) is 26.2 Å². The Morgan fingerprint density at radius 3 is 2.21 bits per heavy atom. The van der Waals surface area contributed by atoms with Crippen LogP contribution in [0.3, 0.4) is 0 Å². The molecular formula is C25H30BrN5O3. The molecule has 1 aromatic carbocycles. The van der Waals surface area contributed by atoms with E-state index in [9.17, 15) is 14.4 Å². The van der Waals surface area contributed by atoms with Crippen molar-refractivity contribution in [1.29, 1.82) is 0 Å². The lowest BCUT2D eigenvalue weighted by Gasteiger charge is -2.43.